The number of halogens is 4. The third-order valence-electron chi connectivity index (χ3n) is 3.60. The van der Waals surface area contributed by atoms with Gasteiger partial charge < -0.3 is 17.3 Å². The zero-order chi connectivity index (χ0) is 18.5. The van der Waals surface area contributed by atoms with Crippen molar-refractivity contribution in [3.05, 3.63) is 89.4 Å². The van der Waals surface area contributed by atoms with Crippen LogP contribution in [0.25, 0.3) is 0 Å². The van der Waals surface area contributed by atoms with Crippen molar-refractivity contribution in [2.45, 2.75) is 0 Å². The molecule has 7 heteroatoms. The maximum absolute atomic E-state index is 9.75. The van der Waals surface area contributed by atoms with E-state index in [1.165, 1.54) is 0 Å². The fraction of sp³-hybridized carbons (Fsp3) is 0.0556. The van der Waals surface area contributed by atoms with Gasteiger partial charge in [0.2, 0.25) is 5.41 Å². The summed E-state index contributed by atoms with van der Waals surface area (Å²) in [6.45, 7) is 0. The van der Waals surface area contributed by atoms with Crippen molar-refractivity contribution in [2.24, 2.45) is 5.41 Å². The highest BCUT2D eigenvalue weighted by molar-refractivity contribution is 6.50. The summed E-state index contributed by atoms with van der Waals surface area (Å²) in [6, 6.07) is 14.0. The van der Waals surface area contributed by atoms with E-state index in [-0.39, 0.29) is 0 Å². The van der Waals surface area contributed by atoms with Crippen LogP contribution >= 0.6 is 0 Å². The fourth-order valence-corrected chi connectivity index (χ4v) is 2.62. The number of nitriles is 2. The SMILES string of the molecule is F[B-](F)(F)F.N#CC1(C#N)C2=CC=CC=CC2=C[C+]1c1ccccc1. The third kappa shape index (κ3) is 4.02. The van der Waals surface area contributed by atoms with E-state index in [2.05, 4.69) is 12.1 Å². The standard InChI is InChI=1S/C18H11N2.BF4/c19-12-18(13-20)16-10-6-2-5-9-15(16)11-17(18)14-7-3-1-4-8-14;2-1(3,4)5/h1-11H;/q+1;-1. The number of hydrogen-bond donors (Lipinski definition) is 0. The molecule has 0 bridgehead atoms. The summed E-state index contributed by atoms with van der Waals surface area (Å²) in [4.78, 5) is 0. The average molecular weight is 342 g/mol. The van der Waals surface area contributed by atoms with Crippen LogP contribution < -0.4 is 0 Å². The molecule has 25 heavy (non-hydrogen) atoms. The lowest BCUT2D eigenvalue weighted by molar-refractivity contribution is 0.368. The van der Waals surface area contributed by atoms with Crippen LogP contribution in [0.2, 0.25) is 0 Å². The van der Waals surface area contributed by atoms with Crippen LogP contribution in [-0.2, 0) is 0 Å². The Morgan fingerprint density at radius 2 is 1.52 bits per heavy atom. The second-order valence-corrected chi connectivity index (χ2v) is 5.17. The zero-order valence-electron chi connectivity index (χ0n) is 12.8. The molecule has 0 radical (unpaired) electrons. The van der Waals surface area contributed by atoms with Crippen LogP contribution in [0, 0.1) is 34.0 Å². The molecule has 0 saturated heterocycles. The molecule has 0 unspecified atom stereocenters. The second kappa shape index (κ2) is 7.15. The molecular formula is C18H11BF4N2. The van der Waals surface area contributed by atoms with Gasteiger partial charge in [0, 0.05) is 29.4 Å². The Bertz CT molecular complexity index is 817. The Hall–Kier alpha value is -3.19. The minimum absolute atomic E-state index is 0.754. The molecule has 2 aliphatic carbocycles. The Morgan fingerprint density at radius 1 is 0.920 bits per heavy atom. The highest BCUT2D eigenvalue weighted by atomic mass is 19.5. The van der Waals surface area contributed by atoms with Crippen LogP contribution in [0.1, 0.15) is 5.56 Å². The van der Waals surface area contributed by atoms with Crippen molar-refractivity contribution in [1.82, 2.24) is 0 Å². The van der Waals surface area contributed by atoms with Gasteiger partial charge in [0.1, 0.15) is 17.7 Å². The Labute approximate surface area is 142 Å². The average Bonchev–Trinajstić information content (AvgIpc) is 2.70. The Morgan fingerprint density at radius 3 is 2.08 bits per heavy atom. The highest BCUT2D eigenvalue weighted by Gasteiger charge is 2.54. The van der Waals surface area contributed by atoms with Crippen LogP contribution in [0.5, 0.6) is 0 Å². The van der Waals surface area contributed by atoms with E-state index < -0.39 is 12.7 Å². The summed E-state index contributed by atoms with van der Waals surface area (Å²) in [5.74, 6) is 0.754. The molecule has 0 fully saturated rings. The molecule has 124 valence electrons. The molecule has 1 aromatic carbocycles. The number of rotatable bonds is 1. The molecule has 0 atom stereocenters. The van der Waals surface area contributed by atoms with Gasteiger partial charge in [-0.15, -0.1) is 0 Å². The number of hydrogen-bond acceptors (Lipinski definition) is 2. The Kier molecular flexibility index (Phi) is 5.19. The maximum Gasteiger partial charge on any atom is 0.673 e. The molecule has 1 aromatic rings. The number of allylic oxidation sites excluding steroid dienone is 8. The third-order valence-corrected chi connectivity index (χ3v) is 3.60. The maximum atomic E-state index is 9.75. The van der Waals surface area contributed by atoms with Crippen molar-refractivity contribution in [1.29, 1.82) is 10.5 Å². The molecule has 2 nitrogen and oxygen atoms in total. The minimum atomic E-state index is -6.00. The van der Waals surface area contributed by atoms with Gasteiger partial charge >= 0.3 is 7.25 Å². The summed E-state index contributed by atoms with van der Waals surface area (Å²) in [5.41, 5.74) is 1.37. The molecule has 0 N–H and O–H groups in total. The van der Waals surface area contributed by atoms with Crippen molar-refractivity contribution >= 4 is 7.25 Å². The smallest absolute Gasteiger partial charge is 0.418 e. The molecule has 0 aromatic heterocycles. The van der Waals surface area contributed by atoms with Crippen LogP contribution in [-0.4, -0.2) is 7.25 Å². The lowest BCUT2D eigenvalue weighted by Crippen LogP contribution is -2.23. The summed E-state index contributed by atoms with van der Waals surface area (Å²) in [5, 5.41) is 19.3. The predicted molar refractivity (Wildman–Crippen MR) is 87.1 cm³/mol. The van der Waals surface area contributed by atoms with E-state index in [0.29, 0.717) is 0 Å². The molecule has 0 amide bonds. The van der Waals surface area contributed by atoms with E-state index in [4.69, 9.17) is 0 Å². The first kappa shape index (κ1) is 18.2. The molecule has 0 spiro atoms. The largest absolute Gasteiger partial charge is 0.673 e. The van der Waals surface area contributed by atoms with Crippen LogP contribution in [0.3, 0.4) is 0 Å². The Balaban J connectivity index is 0.000000399. The minimum Gasteiger partial charge on any atom is -0.418 e. The molecular weight excluding hydrogens is 331 g/mol. The van der Waals surface area contributed by atoms with E-state index in [1.54, 1.807) is 0 Å². The number of fused-ring (bicyclic) bond motifs is 1. The molecule has 2 aliphatic rings. The quantitative estimate of drug-likeness (QED) is 0.412. The number of benzene rings is 1. The van der Waals surface area contributed by atoms with Gasteiger partial charge in [0.05, 0.1) is 5.92 Å². The van der Waals surface area contributed by atoms with Crippen LogP contribution in [0.4, 0.5) is 17.3 Å². The van der Waals surface area contributed by atoms with Crippen LogP contribution in [0.15, 0.2) is 77.9 Å². The van der Waals surface area contributed by atoms with E-state index in [0.717, 1.165) is 22.6 Å². The summed E-state index contributed by atoms with van der Waals surface area (Å²) in [7, 11) is -6.00. The first-order valence-electron chi connectivity index (χ1n) is 7.22. The molecule has 0 heterocycles. The van der Waals surface area contributed by atoms with Crippen molar-refractivity contribution in [2.75, 3.05) is 0 Å². The normalized spacial score (nSPS) is 17.1. The van der Waals surface area contributed by atoms with E-state index >= 15 is 0 Å². The van der Waals surface area contributed by atoms with Gasteiger partial charge in [-0.05, 0) is 30.4 Å². The van der Waals surface area contributed by atoms with Crippen molar-refractivity contribution in [3.63, 3.8) is 0 Å². The zero-order valence-corrected chi connectivity index (χ0v) is 12.8. The summed E-state index contributed by atoms with van der Waals surface area (Å²) < 4.78 is 39.0. The molecule has 0 aliphatic heterocycles. The predicted octanol–water partition coefficient (Wildman–Crippen LogP) is 4.94. The molecule has 3 rings (SSSR count). The first-order chi connectivity index (χ1) is 11.8. The van der Waals surface area contributed by atoms with Gasteiger partial charge in [-0.25, -0.2) is 0 Å². The lowest BCUT2D eigenvalue weighted by atomic mass is 9.73. The lowest BCUT2D eigenvalue weighted by Gasteiger charge is -2.17. The van der Waals surface area contributed by atoms with Crippen molar-refractivity contribution in [3.8, 4) is 12.1 Å². The molecule has 0 saturated carbocycles. The first-order valence-corrected chi connectivity index (χ1v) is 7.22. The summed E-state index contributed by atoms with van der Waals surface area (Å²) in [6.07, 6.45) is 11.4. The number of nitrogens with zero attached hydrogens (tertiary/aromatic N) is 2. The van der Waals surface area contributed by atoms with Gasteiger partial charge in [0.25, 0.3) is 0 Å². The van der Waals surface area contributed by atoms with E-state index in [9.17, 15) is 27.8 Å². The van der Waals surface area contributed by atoms with E-state index in [1.807, 2.05) is 66.8 Å². The highest BCUT2D eigenvalue weighted by Crippen LogP contribution is 2.51. The van der Waals surface area contributed by atoms with Gasteiger partial charge in [-0.1, -0.05) is 18.2 Å². The second-order valence-electron chi connectivity index (χ2n) is 5.17. The van der Waals surface area contributed by atoms with Crippen molar-refractivity contribution < 1.29 is 17.3 Å². The fourth-order valence-electron chi connectivity index (χ4n) is 2.62. The monoisotopic (exact) mass is 342 g/mol. The van der Waals surface area contributed by atoms with Gasteiger partial charge in [-0.3, -0.25) is 0 Å². The van der Waals surface area contributed by atoms with Gasteiger partial charge in [-0.2, -0.15) is 10.5 Å². The topological polar surface area (TPSA) is 47.6 Å². The van der Waals surface area contributed by atoms with Gasteiger partial charge in [0.15, 0.2) is 0 Å². The summed E-state index contributed by atoms with van der Waals surface area (Å²) >= 11 is 0.